The Kier molecular flexibility index (Phi) is 5.90. The monoisotopic (exact) mass is 294 g/mol. The Morgan fingerprint density at radius 3 is 2.62 bits per heavy atom. The van der Waals surface area contributed by atoms with Crippen LogP contribution in [0.1, 0.15) is 33.1 Å². The van der Waals surface area contributed by atoms with E-state index in [0.29, 0.717) is 6.08 Å². The number of aliphatic hydroxyl groups is 1. The Bertz CT molecular complexity index is 538. The van der Waals surface area contributed by atoms with E-state index < -0.39 is 34.8 Å². The number of carboxylic acid groups (broad SMARTS) is 1. The lowest BCUT2D eigenvalue weighted by molar-refractivity contribution is -0.134. The average molecular weight is 294 g/mol. The van der Waals surface area contributed by atoms with Crippen LogP contribution in [0.15, 0.2) is 35.3 Å². The maximum atomic E-state index is 11.9. The molecule has 0 fully saturated rings. The molecule has 0 amide bonds. The van der Waals surface area contributed by atoms with Crippen LogP contribution < -0.4 is 0 Å². The molecule has 21 heavy (non-hydrogen) atoms. The minimum atomic E-state index is -1.39. The Hall–Kier alpha value is -2.37. The summed E-state index contributed by atoms with van der Waals surface area (Å²) in [6.07, 6.45) is 6.39. The van der Waals surface area contributed by atoms with Gasteiger partial charge in [-0.1, -0.05) is 32.8 Å². The molecular formula is C15H18O6. The van der Waals surface area contributed by atoms with E-state index in [9.17, 15) is 19.5 Å². The molecule has 0 saturated carbocycles. The number of hydrogen-bond donors (Lipinski definition) is 2. The molecule has 6 heteroatoms. The lowest BCUT2D eigenvalue weighted by atomic mass is 10.0. The number of unbranched alkanes of at least 4 members (excludes halogenated alkanes) is 1. The summed E-state index contributed by atoms with van der Waals surface area (Å²) in [4.78, 5) is 33.9. The zero-order chi connectivity index (χ0) is 16.0. The first-order valence-corrected chi connectivity index (χ1v) is 6.69. The summed E-state index contributed by atoms with van der Waals surface area (Å²) < 4.78 is 4.55. The predicted octanol–water partition coefficient (Wildman–Crippen LogP) is 2.28. The van der Waals surface area contributed by atoms with Gasteiger partial charge in [0.05, 0.1) is 6.08 Å². The van der Waals surface area contributed by atoms with Crippen LogP contribution in [-0.4, -0.2) is 27.9 Å². The molecule has 1 atom stereocenters. The minimum absolute atomic E-state index is 0.170. The average Bonchev–Trinajstić information content (AvgIpc) is 2.67. The molecule has 0 aliphatic carbocycles. The summed E-state index contributed by atoms with van der Waals surface area (Å²) in [7, 11) is 0. The molecule has 6 nitrogen and oxygen atoms in total. The molecule has 1 aliphatic rings. The van der Waals surface area contributed by atoms with Crippen molar-refractivity contribution in [1.29, 1.82) is 0 Å². The fourth-order valence-electron chi connectivity index (χ4n) is 1.80. The molecule has 1 unspecified atom stereocenters. The molecule has 1 aliphatic heterocycles. The Morgan fingerprint density at radius 2 is 2.05 bits per heavy atom. The largest absolute Gasteiger partial charge is 0.504 e. The Morgan fingerprint density at radius 1 is 1.38 bits per heavy atom. The molecule has 0 bridgehead atoms. The summed E-state index contributed by atoms with van der Waals surface area (Å²) >= 11 is 0. The number of carboxylic acids is 1. The second-order valence-electron chi connectivity index (χ2n) is 4.80. The maximum Gasteiger partial charge on any atom is 0.351 e. The van der Waals surface area contributed by atoms with Crippen LogP contribution in [0.5, 0.6) is 0 Å². The zero-order valence-electron chi connectivity index (χ0n) is 12.0. The first-order valence-electron chi connectivity index (χ1n) is 6.69. The van der Waals surface area contributed by atoms with E-state index in [2.05, 4.69) is 11.7 Å². The van der Waals surface area contributed by atoms with E-state index in [1.807, 2.05) is 6.92 Å². The SMILES string of the molecule is CCCCC(C)/C=C/C(=O)C1=C(O)/C(=C\C(=O)O)OC1=O. The summed E-state index contributed by atoms with van der Waals surface area (Å²) in [5, 5.41) is 18.3. The van der Waals surface area contributed by atoms with Crippen LogP contribution in [-0.2, 0) is 19.1 Å². The third-order valence-corrected chi connectivity index (χ3v) is 2.97. The lowest BCUT2D eigenvalue weighted by Gasteiger charge is -2.03. The Balaban J connectivity index is 2.86. The molecule has 2 N–H and O–H groups in total. The second kappa shape index (κ2) is 7.42. The number of ether oxygens (including phenoxy) is 1. The van der Waals surface area contributed by atoms with Gasteiger partial charge in [0.25, 0.3) is 0 Å². The number of carbonyl (C=O) groups excluding carboxylic acids is 2. The van der Waals surface area contributed by atoms with E-state index in [-0.39, 0.29) is 5.92 Å². The lowest BCUT2D eigenvalue weighted by Crippen LogP contribution is -2.09. The number of aliphatic carboxylic acids is 1. The van der Waals surface area contributed by atoms with Gasteiger partial charge in [0.1, 0.15) is 0 Å². The van der Waals surface area contributed by atoms with Gasteiger partial charge in [0.15, 0.2) is 22.9 Å². The number of hydrogen-bond acceptors (Lipinski definition) is 5. The molecule has 0 spiro atoms. The highest BCUT2D eigenvalue weighted by Gasteiger charge is 2.34. The van der Waals surface area contributed by atoms with Crippen LogP contribution in [0.2, 0.25) is 0 Å². The van der Waals surface area contributed by atoms with Crippen molar-refractivity contribution in [2.24, 2.45) is 5.92 Å². The van der Waals surface area contributed by atoms with Crippen molar-refractivity contribution in [2.75, 3.05) is 0 Å². The molecule has 1 rings (SSSR count). The van der Waals surface area contributed by atoms with Gasteiger partial charge in [-0.15, -0.1) is 0 Å². The van der Waals surface area contributed by atoms with Crippen LogP contribution in [0.4, 0.5) is 0 Å². The number of rotatable bonds is 7. The van der Waals surface area contributed by atoms with Crippen molar-refractivity contribution in [1.82, 2.24) is 0 Å². The number of carbonyl (C=O) groups is 3. The molecule has 0 aromatic rings. The van der Waals surface area contributed by atoms with Gasteiger partial charge < -0.3 is 14.9 Å². The standard InChI is InChI=1S/C15H18O6/c1-3-4-5-9(2)6-7-10(16)13-14(19)11(8-12(17)18)21-15(13)20/h6-9,19H,3-5H2,1-2H3,(H,17,18)/b7-6+,11-8+. The van der Waals surface area contributed by atoms with Crippen LogP contribution in [0, 0.1) is 5.92 Å². The van der Waals surface area contributed by atoms with Crippen molar-refractivity contribution in [3.8, 4) is 0 Å². The van der Waals surface area contributed by atoms with Crippen molar-refractivity contribution < 1.29 is 29.3 Å². The van der Waals surface area contributed by atoms with Crippen LogP contribution in [0.3, 0.4) is 0 Å². The summed E-state index contributed by atoms with van der Waals surface area (Å²) in [5.41, 5.74) is -0.540. The second-order valence-corrected chi connectivity index (χ2v) is 4.80. The minimum Gasteiger partial charge on any atom is -0.504 e. The molecule has 0 saturated heterocycles. The molecule has 0 radical (unpaired) electrons. The number of esters is 1. The summed E-state index contributed by atoms with van der Waals surface area (Å²) in [6.45, 7) is 4.01. The third kappa shape index (κ3) is 4.59. The van der Waals surface area contributed by atoms with Crippen molar-refractivity contribution in [2.45, 2.75) is 33.1 Å². The molecular weight excluding hydrogens is 276 g/mol. The van der Waals surface area contributed by atoms with Crippen LogP contribution in [0.25, 0.3) is 0 Å². The Labute approximate surface area is 122 Å². The van der Waals surface area contributed by atoms with Crippen molar-refractivity contribution in [3.05, 3.63) is 35.3 Å². The van der Waals surface area contributed by atoms with Crippen LogP contribution >= 0.6 is 0 Å². The van der Waals surface area contributed by atoms with Gasteiger partial charge in [0.2, 0.25) is 0 Å². The van der Waals surface area contributed by atoms with E-state index >= 15 is 0 Å². The first-order chi connectivity index (χ1) is 9.86. The van der Waals surface area contributed by atoms with Gasteiger partial charge in [-0.3, -0.25) is 4.79 Å². The van der Waals surface area contributed by atoms with Crippen molar-refractivity contribution in [3.63, 3.8) is 0 Å². The summed E-state index contributed by atoms with van der Waals surface area (Å²) in [5.74, 6) is -4.23. The molecule has 114 valence electrons. The van der Waals surface area contributed by atoms with Gasteiger partial charge in [-0.05, 0) is 18.4 Å². The highest BCUT2D eigenvalue weighted by Crippen LogP contribution is 2.25. The fraction of sp³-hybridized carbons (Fsp3) is 0.400. The molecule has 0 aromatic carbocycles. The highest BCUT2D eigenvalue weighted by molar-refractivity contribution is 6.24. The van der Waals surface area contributed by atoms with E-state index in [1.165, 1.54) is 6.08 Å². The molecule has 0 aromatic heterocycles. The van der Waals surface area contributed by atoms with Gasteiger partial charge in [-0.25, -0.2) is 9.59 Å². The fourth-order valence-corrected chi connectivity index (χ4v) is 1.80. The first kappa shape index (κ1) is 16.7. The maximum absolute atomic E-state index is 11.9. The van der Waals surface area contributed by atoms with Crippen molar-refractivity contribution >= 4 is 17.7 Å². The number of ketones is 1. The normalized spacial score (nSPS) is 18.4. The van der Waals surface area contributed by atoms with Gasteiger partial charge >= 0.3 is 11.9 Å². The smallest absolute Gasteiger partial charge is 0.351 e. The number of allylic oxidation sites excluding steroid dienone is 2. The zero-order valence-corrected chi connectivity index (χ0v) is 12.0. The topological polar surface area (TPSA) is 101 Å². The van der Waals surface area contributed by atoms with E-state index in [1.54, 1.807) is 6.08 Å². The van der Waals surface area contributed by atoms with E-state index in [0.717, 1.165) is 19.3 Å². The molecule has 1 heterocycles. The van der Waals surface area contributed by atoms with Gasteiger partial charge in [0, 0.05) is 0 Å². The quantitative estimate of drug-likeness (QED) is 0.424. The van der Waals surface area contributed by atoms with E-state index in [4.69, 9.17) is 5.11 Å². The summed E-state index contributed by atoms with van der Waals surface area (Å²) in [6, 6.07) is 0. The van der Waals surface area contributed by atoms with Gasteiger partial charge in [-0.2, -0.15) is 0 Å². The number of cyclic esters (lactones) is 1. The predicted molar refractivity (Wildman–Crippen MR) is 74.3 cm³/mol. The third-order valence-electron chi connectivity index (χ3n) is 2.97. The highest BCUT2D eigenvalue weighted by atomic mass is 16.6. The number of aliphatic hydroxyl groups excluding tert-OH is 1.